The van der Waals surface area contributed by atoms with E-state index in [0.717, 1.165) is 12.1 Å². The quantitative estimate of drug-likeness (QED) is 0.908. The number of carbonyl (C=O) groups is 1. The summed E-state index contributed by atoms with van der Waals surface area (Å²) in [6, 6.07) is 8.69. The van der Waals surface area contributed by atoms with E-state index in [1.165, 1.54) is 30.3 Å². The van der Waals surface area contributed by atoms with Gasteiger partial charge in [-0.3, -0.25) is 4.79 Å². The van der Waals surface area contributed by atoms with Gasteiger partial charge >= 0.3 is 0 Å². The molecule has 0 bridgehead atoms. The molecule has 0 radical (unpaired) electrons. The summed E-state index contributed by atoms with van der Waals surface area (Å²) >= 11 is 0. The lowest BCUT2D eigenvalue weighted by Crippen LogP contribution is -2.17. The Morgan fingerprint density at radius 2 is 1.78 bits per heavy atom. The lowest BCUT2D eigenvalue weighted by Gasteiger charge is -2.10. The zero-order chi connectivity index (χ0) is 17.0. The molecule has 2 aromatic carbocycles. The normalized spacial score (nSPS) is 11.3. The van der Waals surface area contributed by atoms with Crippen molar-refractivity contribution < 1.29 is 22.0 Å². The molecule has 2 aromatic rings. The average Bonchev–Trinajstić information content (AvgIpc) is 2.51. The molecule has 7 heteroatoms. The smallest absolute Gasteiger partial charge is 0.256 e. The van der Waals surface area contributed by atoms with E-state index in [1.54, 1.807) is 6.92 Å². The third-order valence-corrected chi connectivity index (χ3v) is 5.09. The van der Waals surface area contributed by atoms with Crippen LogP contribution in [0.15, 0.2) is 47.4 Å². The van der Waals surface area contributed by atoms with Gasteiger partial charge in [-0.2, -0.15) is 0 Å². The van der Waals surface area contributed by atoms with Crippen LogP contribution in [0.4, 0.5) is 14.5 Å². The molecule has 0 aliphatic heterocycles. The number of benzene rings is 2. The predicted octanol–water partition coefficient (Wildman–Crippen LogP) is 3.40. The minimum Gasteiger partial charge on any atom is -0.322 e. The molecule has 23 heavy (non-hydrogen) atoms. The number of anilines is 1. The Labute approximate surface area is 133 Å². The van der Waals surface area contributed by atoms with Gasteiger partial charge in [0, 0.05) is 11.8 Å². The van der Waals surface area contributed by atoms with Gasteiger partial charge in [0.2, 0.25) is 0 Å². The van der Waals surface area contributed by atoms with Crippen LogP contribution in [0, 0.1) is 11.6 Å². The van der Waals surface area contributed by atoms with Gasteiger partial charge in [0.15, 0.2) is 21.5 Å². The third-order valence-electron chi connectivity index (χ3n) is 3.12. The molecule has 4 nitrogen and oxygen atoms in total. The van der Waals surface area contributed by atoms with Gasteiger partial charge < -0.3 is 5.32 Å². The zero-order valence-corrected chi connectivity index (χ0v) is 13.2. The van der Waals surface area contributed by atoms with E-state index in [-0.39, 0.29) is 21.9 Å². The van der Waals surface area contributed by atoms with Crippen molar-refractivity contribution in [3.05, 3.63) is 59.7 Å². The highest BCUT2D eigenvalue weighted by atomic mass is 32.2. The number of carbonyl (C=O) groups excluding carboxylic acids is 1. The van der Waals surface area contributed by atoms with Crippen LogP contribution in [0.25, 0.3) is 0 Å². The molecule has 0 spiro atoms. The zero-order valence-electron chi connectivity index (χ0n) is 12.3. The SMILES string of the molecule is CCCS(=O)(=O)c1ccccc1C(=O)Nc1ccc(F)c(F)c1. The fourth-order valence-electron chi connectivity index (χ4n) is 2.08. The van der Waals surface area contributed by atoms with Gasteiger partial charge in [-0.05, 0) is 30.7 Å². The summed E-state index contributed by atoms with van der Waals surface area (Å²) < 4.78 is 50.5. The third kappa shape index (κ3) is 3.92. The number of hydrogen-bond donors (Lipinski definition) is 1. The van der Waals surface area contributed by atoms with Gasteiger partial charge in [0.25, 0.3) is 5.91 Å². The molecule has 0 unspecified atom stereocenters. The highest BCUT2D eigenvalue weighted by Gasteiger charge is 2.21. The summed E-state index contributed by atoms with van der Waals surface area (Å²) in [5.41, 5.74) is 0.00211. The Bertz CT molecular complexity index is 835. The van der Waals surface area contributed by atoms with E-state index in [4.69, 9.17) is 0 Å². The van der Waals surface area contributed by atoms with Crippen LogP contribution in [0.5, 0.6) is 0 Å². The van der Waals surface area contributed by atoms with Crippen LogP contribution >= 0.6 is 0 Å². The van der Waals surface area contributed by atoms with Crippen molar-refractivity contribution in [2.24, 2.45) is 0 Å². The second kappa shape index (κ2) is 6.87. The fourth-order valence-corrected chi connectivity index (χ4v) is 3.62. The molecule has 2 rings (SSSR count). The molecule has 0 atom stereocenters. The second-order valence-electron chi connectivity index (χ2n) is 4.90. The van der Waals surface area contributed by atoms with Crippen LogP contribution in [-0.4, -0.2) is 20.1 Å². The van der Waals surface area contributed by atoms with E-state index < -0.39 is 27.4 Å². The number of amides is 1. The molecule has 1 amide bonds. The Morgan fingerprint density at radius 3 is 2.43 bits per heavy atom. The molecule has 0 fully saturated rings. The first-order chi connectivity index (χ1) is 10.8. The van der Waals surface area contributed by atoms with Gasteiger partial charge in [0.1, 0.15) is 0 Å². The van der Waals surface area contributed by atoms with E-state index in [2.05, 4.69) is 5.32 Å². The number of halogens is 2. The highest BCUT2D eigenvalue weighted by Crippen LogP contribution is 2.20. The van der Waals surface area contributed by atoms with E-state index in [0.29, 0.717) is 6.42 Å². The molecular weight excluding hydrogens is 324 g/mol. The lowest BCUT2D eigenvalue weighted by atomic mass is 10.2. The molecule has 0 aromatic heterocycles. The topological polar surface area (TPSA) is 63.2 Å². The summed E-state index contributed by atoms with van der Waals surface area (Å²) in [7, 11) is -3.59. The fraction of sp³-hybridized carbons (Fsp3) is 0.188. The van der Waals surface area contributed by atoms with Gasteiger partial charge in [-0.1, -0.05) is 19.1 Å². The summed E-state index contributed by atoms with van der Waals surface area (Å²) in [6.45, 7) is 1.72. The first-order valence-electron chi connectivity index (χ1n) is 6.93. The Kier molecular flexibility index (Phi) is 5.10. The van der Waals surface area contributed by atoms with Crippen LogP contribution in [0.3, 0.4) is 0 Å². The molecule has 0 saturated heterocycles. The van der Waals surface area contributed by atoms with Crippen LogP contribution in [0.1, 0.15) is 23.7 Å². The molecule has 0 aliphatic rings. The van der Waals surface area contributed by atoms with Gasteiger partial charge in [-0.25, -0.2) is 17.2 Å². The van der Waals surface area contributed by atoms with Crippen molar-refractivity contribution in [1.29, 1.82) is 0 Å². The molecule has 0 aliphatic carbocycles. The maximum atomic E-state index is 13.2. The first kappa shape index (κ1) is 17.1. The van der Waals surface area contributed by atoms with Crippen molar-refractivity contribution in [2.75, 3.05) is 11.1 Å². The second-order valence-corrected chi connectivity index (χ2v) is 6.98. The van der Waals surface area contributed by atoms with Crippen molar-refractivity contribution in [1.82, 2.24) is 0 Å². The van der Waals surface area contributed by atoms with Crippen molar-refractivity contribution in [3.8, 4) is 0 Å². The Morgan fingerprint density at radius 1 is 1.09 bits per heavy atom. The highest BCUT2D eigenvalue weighted by molar-refractivity contribution is 7.91. The van der Waals surface area contributed by atoms with Crippen LogP contribution in [0.2, 0.25) is 0 Å². The maximum Gasteiger partial charge on any atom is 0.256 e. The Hall–Kier alpha value is -2.28. The summed E-state index contributed by atoms with van der Waals surface area (Å²) in [4.78, 5) is 12.2. The molecule has 0 saturated carbocycles. The Balaban J connectivity index is 2.35. The standard InChI is InChI=1S/C16H15F2NO3S/c1-2-9-23(21,22)15-6-4-3-5-12(15)16(20)19-11-7-8-13(17)14(18)10-11/h3-8,10H,2,9H2,1H3,(H,19,20). The molecule has 0 heterocycles. The summed E-state index contributed by atoms with van der Waals surface area (Å²) in [5.74, 6) is -2.92. The summed E-state index contributed by atoms with van der Waals surface area (Å²) in [6.07, 6.45) is 0.418. The first-order valence-corrected chi connectivity index (χ1v) is 8.58. The van der Waals surface area contributed by atoms with E-state index in [9.17, 15) is 22.0 Å². The van der Waals surface area contributed by atoms with Gasteiger partial charge in [0.05, 0.1) is 16.2 Å². The predicted molar refractivity (Wildman–Crippen MR) is 83.1 cm³/mol. The van der Waals surface area contributed by atoms with Crippen molar-refractivity contribution >= 4 is 21.4 Å². The average molecular weight is 339 g/mol. The van der Waals surface area contributed by atoms with Crippen molar-refractivity contribution in [2.45, 2.75) is 18.2 Å². The number of rotatable bonds is 5. The van der Waals surface area contributed by atoms with E-state index >= 15 is 0 Å². The van der Waals surface area contributed by atoms with Crippen LogP contribution in [-0.2, 0) is 9.84 Å². The van der Waals surface area contributed by atoms with E-state index in [1.807, 2.05) is 0 Å². The largest absolute Gasteiger partial charge is 0.322 e. The van der Waals surface area contributed by atoms with Crippen molar-refractivity contribution in [3.63, 3.8) is 0 Å². The lowest BCUT2D eigenvalue weighted by molar-refractivity contribution is 0.102. The molecule has 122 valence electrons. The monoisotopic (exact) mass is 339 g/mol. The van der Waals surface area contributed by atoms with Crippen LogP contribution < -0.4 is 5.32 Å². The number of nitrogens with one attached hydrogen (secondary N) is 1. The minimum absolute atomic E-state index is 0.0364. The molecular formula is C16H15F2NO3S. The molecule has 1 N–H and O–H groups in total. The minimum atomic E-state index is -3.59. The number of sulfone groups is 1. The number of hydrogen-bond acceptors (Lipinski definition) is 3. The summed E-state index contributed by atoms with van der Waals surface area (Å²) in [5, 5.41) is 2.37. The van der Waals surface area contributed by atoms with Gasteiger partial charge in [-0.15, -0.1) is 0 Å². The maximum absolute atomic E-state index is 13.2.